The third-order valence-electron chi connectivity index (χ3n) is 10.8. The van der Waals surface area contributed by atoms with Gasteiger partial charge >= 0.3 is 0 Å². The van der Waals surface area contributed by atoms with Crippen molar-refractivity contribution in [3.05, 3.63) is 130 Å². The van der Waals surface area contributed by atoms with Crippen LogP contribution in [0.25, 0.3) is 0 Å². The first kappa shape index (κ1) is 44.4. The van der Waals surface area contributed by atoms with Crippen molar-refractivity contribution in [2.24, 2.45) is 0 Å². The number of hydrogen-bond acceptors (Lipinski definition) is 8. The summed E-state index contributed by atoms with van der Waals surface area (Å²) in [5.41, 5.74) is 3.62. The van der Waals surface area contributed by atoms with Crippen LogP contribution in [-0.2, 0) is 32.4 Å². The summed E-state index contributed by atoms with van der Waals surface area (Å²) in [6, 6.07) is 26.4. The minimum absolute atomic E-state index is 0.0168. The Kier molecular flexibility index (Phi) is 16.1. The number of hydroxylamine groups is 4. The second-order valence-corrected chi connectivity index (χ2v) is 16.5. The first-order valence-electron chi connectivity index (χ1n) is 19.8. The molecule has 8 rings (SSSR count). The number of rotatable bonds is 7. The van der Waals surface area contributed by atoms with Crippen LogP contribution in [0.1, 0.15) is 59.8 Å². The molecule has 6 atom stereocenters. The second-order valence-electron chi connectivity index (χ2n) is 14.9. The van der Waals surface area contributed by atoms with Gasteiger partial charge in [0.05, 0.1) is 37.2 Å². The zero-order chi connectivity index (χ0) is 41.9. The second kappa shape index (κ2) is 21.4. The fourth-order valence-corrected chi connectivity index (χ4v) is 8.10. The van der Waals surface area contributed by atoms with Crippen LogP contribution in [0.2, 0.25) is 5.02 Å². The molecule has 4 aliphatic heterocycles. The van der Waals surface area contributed by atoms with Crippen LogP contribution < -0.4 is 5.32 Å². The summed E-state index contributed by atoms with van der Waals surface area (Å²) in [5.74, 6) is -0.400. The van der Waals surface area contributed by atoms with E-state index in [9.17, 15) is 27.9 Å². The Hall–Kier alpha value is -4.18. The molecule has 4 aliphatic rings. The number of hydrogen-bond donors (Lipinski definition) is 3. The van der Waals surface area contributed by atoms with Crippen LogP contribution in [0.15, 0.2) is 97.1 Å². The summed E-state index contributed by atoms with van der Waals surface area (Å²) < 4.78 is 41.6. The summed E-state index contributed by atoms with van der Waals surface area (Å²) in [7, 11) is 0. The number of carbonyl (C=O) groups excluding carboxylic acids is 2. The van der Waals surface area contributed by atoms with Gasteiger partial charge in [0.15, 0.2) is 0 Å². The molecule has 0 aliphatic carbocycles. The third-order valence-corrected chi connectivity index (χ3v) is 11.9. The molecule has 316 valence electrons. The van der Waals surface area contributed by atoms with Crippen LogP contribution in [-0.4, -0.2) is 99.7 Å². The smallest absolute Gasteiger partial charge is 0.263 e. The lowest BCUT2D eigenvalue weighted by molar-refractivity contribution is -0.212. The topological polar surface area (TPSA) is 115 Å². The normalized spacial score (nSPS) is 25.0. The number of phenols is 2. The van der Waals surface area contributed by atoms with Gasteiger partial charge < -0.3 is 15.5 Å². The predicted octanol–water partition coefficient (Wildman–Crippen LogP) is 7.97. The standard InChI is InChI=1S/C22H24F2N2O3.C11H11BrClNO2.C11H14FNO/c23-17-5-1-15(2-6-17)13-26-22(28)21(10-12-29-26)25-11-9-19(20(24)14-25)16-3-7-18(27)8-4-16;12-10-5-6-16-14(11(10)15)7-8-1-3-9(13)4-2-8;12-11-7-13-6-5-10(11)8-1-3-9(14)4-2-8/h1-8,19-21,27H,9-14H2;1-4,10H,5-7H2;1-4,10-11,13-14H,5-7H2/t19-,20+,21?;;10-,11+/m0.0/s1. The number of aromatic hydroxyl groups is 2. The van der Waals surface area contributed by atoms with E-state index >= 15 is 0 Å². The number of likely N-dealkylation sites (tertiary alicyclic amines) is 1. The Morgan fingerprint density at radius 1 is 0.695 bits per heavy atom. The number of piperidine rings is 2. The highest BCUT2D eigenvalue weighted by Gasteiger charge is 2.40. The summed E-state index contributed by atoms with van der Waals surface area (Å²) >= 11 is 9.11. The molecule has 4 aromatic rings. The zero-order valence-electron chi connectivity index (χ0n) is 32.4. The molecule has 3 N–H and O–H groups in total. The number of carbonyl (C=O) groups is 2. The molecule has 15 heteroatoms. The summed E-state index contributed by atoms with van der Waals surface area (Å²) in [5, 5.41) is 25.0. The van der Waals surface area contributed by atoms with Crippen molar-refractivity contribution in [1.82, 2.24) is 20.3 Å². The Morgan fingerprint density at radius 2 is 1.22 bits per heavy atom. The molecule has 0 spiro atoms. The molecule has 59 heavy (non-hydrogen) atoms. The van der Waals surface area contributed by atoms with Crippen LogP contribution in [0, 0.1) is 5.82 Å². The van der Waals surface area contributed by atoms with Gasteiger partial charge in [-0.2, -0.15) is 0 Å². The van der Waals surface area contributed by atoms with Gasteiger partial charge in [-0.3, -0.25) is 24.2 Å². The molecule has 4 heterocycles. The Morgan fingerprint density at radius 3 is 1.78 bits per heavy atom. The number of phenolic OH excluding ortho intramolecular Hbond substituents is 2. The molecule has 4 fully saturated rings. The largest absolute Gasteiger partial charge is 0.508 e. The first-order chi connectivity index (χ1) is 28.4. The van der Waals surface area contributed by atoms with Crippen LogP contribution >= 0.6 is 27.5 Å². The van der Waals surface area contributed by atoms with Gasteiger partial charge in [0, 0.05) is 29.9 Å². The highest BCUT2D eigenvalue weighted by Crippen LogP contribution is 2.34. The number of benzene rings is 4. The summed E-state index contributed by atoms with van der Waals surface area (Å²) in [6.45, 7) is 3.75. The van der Waals surface area contributed by atoms with Gasteiger partial charge in [-0.1, -0.05) is 76.1 Å². The third kappa shape index (κ3) is 12.4. The molecule has 0 aromatic heterocycles. The Bertz CT molecular complexity index is 1950. The molecule has 4 aromatic carbocycles. The van der Waals surface area contributed by atoms with Crippen molar-refractivity contribution < 1.29 is 42.6 Å². The molecular weight excluding hydrogens is 853 g/mol. The monoisotopic (exact) mass is 900 g/mol. The molecule has 2 unspecified atom stereocenters. The number of nitrogens with zero attached hydrogens (tertiary/aromatic N) is 3. The van der Waals surface area contributed by atoms with Gasteiger partial charge in [-0.25, -0.2) is 23.3 Å². The first-order valence-corrected chi connectivity index (χ1v) is 21.1. The lowest BCUT2D eigenvalue weighted by Gasteiger charge is -2.42. The van der Waals surface area contributed by atoms with Gasteiger partial charge in [-0.05, 0) is 110 Å². The maximum absolute atomic E-state index is 15.0. The van der Waals surface area contributed by atoms with E-state index in [1.54, 1.807) is 72.8 Å². The minimum Gasteiger partial charge on any atom is -0.508 e. The average molecular weight is 902 g/mol. The molecule has 0 saturated carbocycles. The predicted molar refractivity (Wildman–Crippen MR) is 222 cm³/mol. The van der Waals surface area contributed by atoms with Crippen LogP contribution in [0.4, 0.5) is 13.2 Å². The number of nitrogens with one attached hydrogen (secondary N) is 1. The van der Waals surface area contributed by atoms with Crippen LogP contribution in [0.3, 0.4) is 0 Å². The van der Waals surface area contributed by atoms with E-state index in [1.807, 2.05) is 17.0 Å². The van der Waals surface area contributed by atoms with E-state index in [0.717, 1.165) is 41.6 Å². The zero-order valence-corrected chi connectivity index (χ0v) is 34.8. The van der Waals surface area contributed by atoms with E-state index in [0.29, 0.717) is 50.7 Å². The van der Waals surface area contributed by atoms with Gasteiger partial charge in [0.2, 0.25) is 0 Å². The van der Waals surface area contributed by atoms with Crippen molar-refractivity contribution in [3.8, 4) is 11.5 Å². The minimum atomic E-state index is -1.09. The quantitative estimate of drug-likeness (QED) is 0.160. The maximum Gasteiger partial charge on any atom is 0.263 e. The van der Waals surface area contributed by atoms with E-state index < -0.39 is 18.4 Å². The van der Waals surface area contributed by atoms with Crippen LogP contribution in [0.5, 0.6) is 11.5 Å². The van der Waals surface area contributed by atoms with Crippen molar-refractivity contribution in [2.45, 2.75) is 73.8 Å². The van der Waals surface area contributed by atoms with Crippen molar-refractivity contribution >= 4 is 39.3 Å². The highest BCUT2D eigenvalue weighted by molar-refractivity contribution is 9.10. The van der Waals surface area contributed by atoms with Gasteiger partial charge in [0.1, 0.15) is 29.7 Å². The number of halogens is 5. The lowest BCUT2D eigenvalue weighted by atomic mass is 9.87. The molecular formula is C44H49BrClF3N4O6. The Balaban J connectivity index is 0.000000164. The lowest BCUT2D eigenvalue weighted by Crippen LogP contribution is -2.56. The molecule has 2 amide bonds. The molecule has 4 saturated heterocycles. The number of alkyl halides is 3. The Labute approximate surface area is 355 Å². The van der Waals surface area contributed by atoms with Crippen molar-refractivity contribution in [1.29, 1.82) is 0 Å². The summed E-state index contributed by atoms with van der Waals surface area (Å²) in [6.07, 6.45) is 0.772. The highest BCUT2D eigenvalue weighted by atomic mass is 79.9. The van der Waals surface area contributed by atoms with Crippen molar-refractivity contribution in [2.75, 3.05) is 39.4 Å². The van der Waals surface area contributed by atoms with Gasteiger partial charge in [-0.15, -0.1) is 0 Å². The molecule has 0 radical (unpaired) electrons. The number of amides is 2. The fourth-order valence-electron chi connectivity index (χ4n) is 7.56. The van der Waals surface area contributed by atoms with E-state index in [2.05, 4.69) is 21.2 Å². The SMILES string of the molecule is O=C1C(Br)CCON1Cc1ccc(Cl)cc1.O=C1C(N2CC[C@@H](c3ccc(O)cc3)[C@H](F)C2)CCON1Cc1ccc(F)cc1.Oc1ccc([C@@H]2CCNC[C@H]2F)cc1. The maximum atomic E-state index is 15.0. The van der Waals surface area contributed by atoms with E-state index in [4.69, 9.17) is 26.4 Å². The fraction of sp³-hybridized carbons (Fsp3) is 0.409. The molecule has 10 nitrogen and oxygen atoms in total. The average Bonchev–Trinajstić information content (AvgIpc) is 3.23. The van der Waals surface area contributed by atoms with Gasteiger partial charge in [0.25, 0.3) is 11.8 Å². The van der Waals surface area contributed by atoms with E-state index in [1.165, 1.54) is 22.3 Å². The van der Waals surface area contributed by atoms with E-state index in [-0.39, 0.29) is 58.9 Å². The van der Waals surface area contributed by atoms with Crippen molar-refractivity contribution in [3.63, 3.8) is 0 Å². The molecule has 0 bridgehead atoms. The summed E-state index contributed by atoms with van der Waals surface area (Å²) in [4.78, 5) is 37.3.